The van der Waals surface area contributed by atoms with Crippen molar-refractivity contribution in [2.75, 3.05) is 71.3 Å². The number of benzene rings is 2. The zero-order chi connectivity index (χ0) is 33.9. The van der Waals surface area contributed by atoms with Crippen LogP contribution in [0.4, 0.5) is 15.3 Å². The molecule has 2 aromatic carbocycles. The Labute approximate surface area is 288 Å². The summed E-state index contributed by atoms with van der Waals surface area (Å²) >= 11 is 0. The zero-order valence-electron chi connectivity index (χ0n) is 28.7. The summed E-state index contributed by atoms with van der Waals surface area (Å²) < 4.78 is 6.13. The Hall–Kier alpha value is -4.29. The lowest BCUT2D eigenvalue weighted by Crippen LogP contribution is -2.54. The molecule has 7 rings (SSSR count). The molecule has 5 heterocycles. The number of carbonyl (C=O) groups is 3. The average Bonchev–Trinajstić information content (AvgIpc) is 3.29. The molecule has 3 fully saturated rings. The molecule has 0 spiro atoms. The van der Waals surface area contributed by atoms with Crippen LogP contribution in [0.1, 0.15) is 42.4 Å². The summed E-state index contributed by atoms with van der Waals surface area (Å²) in [6, 6.07) is 12.3. The van der Waals surface area contributed by atoms with Crippen LogP contribution in [-0.4, -0.2) is 137 Å². The van der Waals surface area contributed by atoms with Crippen LogP contribution in [0.5, 0.6) is 0 Å². The van der Waals surface area contributed by atoms with Crippen LogP contribution in [0.2, 0.25) is 0 Å². The lowest BCUT2D eigenvalue weighted by molar-refractivity contribution is -0.142. The van der Waals surface area contributed by atoms with Crippen molar-refractivity contribution < 1.29 is 19.1 Å². The van der Waals surface area contributed by atoms with Crippen LogP contribution in [0.3, 0.4) is 0 Å². The predicted octanol–water partition coefficient (Wildman–Crippen LogP) is 3.78. The fourth-order valence-electron chi connectivity index (χ4n) is 7.97. The van der Waals surface area contributed by atoms with E-state index in [4.69, 9.17) is 4.74 Å². The third-order valence-electron chi connectivity index (χ3n) is 10.9. The van der Waals surface area contributed by atoms with Crippen LogP contribution in [-0.2, 0) is 22.4 Å². The minimum atomic E-state index is -0.950. The number of rotatable bonds is 6. The molecule has 12 heteroatoms. The summed E-state index contributed by atoms with van der Waals surface area (Å²) in [6.07, 6.45) is 6.11. The number of hydrogen-bond donors (Lipinski definition) is 1. The highest BCUT2D eigenvalue weighted by Gasteiger charge is 2.36. The van der Waals surface area contributed by atoms with Gasteiger partial charge in [-0.3, -0.25) is 19.7 Å². The molecule has 3 aromatic rings. The number of amides is 4. The van der Waals surface area contributed by atoms with E-state index in [-0.39, 0.29) is 24.4 Å². The van der Waals surface area contributed by atoms with Crippen molar-refractivity contribution in [3.8, 4) is 0 Å². The quantitative estimate of drug-likeness (QED) is 0.423. The highest BCUT2D eigenvalue weighted by molar-refractivity contribution is 5.91. The van der Waals surface area contributed by atoms with Gasteiger partial charge in [-0.25, -0.2) is 9.59 Å². The molecule has 4 aliphatic rings. The number of urea groups is 1. The van der Waals surface area contributed by atoms with Gasteiger partial charge in [0.15, 0.2) is 6.10 Å². The Morgan fingerprint density at radius 1 is 0.878 bits per heavy atom. The number of likely N-dealkylation sites (tertiary alicyclic amines) is 2. The van der Waals surface area contributed by atoms with E-state index in [1.807, 2.05) is 47.1 Å². The standard InChI is InChI=1S/C37H48N8O4/c1-26-23-27(24-32-34(26)39-13-12-38-32)25-33(35(46)43-14-8-29(9-15-43)42-21-19-41(2)20-22-42)49-37(48)44-16-10-30(11-17-44)45-18-7-28-5-3-4-6-31(28)40-36(45)47/h3-6,12-13,23-24,29-30,33H,7-11,14-22,25H2,1-2H3,(H,40,47). The highest BCUT2D eigenvalue weighted by atomic mass is 16.6. The molecule has 0 radical (unpaired) electrons. The second-order valence-electron chi connectivity index (χ2n) is 14.1. The lowest BCUT2D eigenvalue weighted by Gasteiger charge is -2.42. The molecule has 1 atom stereocenters. The van der Waals surface area contributed by atoms with Crippen LogP contribution >= 0.6 is 0 Å². The van der Waals surface area contributed by atoms with Crippen molar-refractivity contribution in [1.29, 1.82) is 0 Å². The van der Waals surface area contributed by atoms with E-state index in [1.165, 1.54) is 0 Å². The van der Waals surface area contributed by atoms with Crippen molar-refractivity contribution in [1.82, 2.24) is 34.5 Å². The molecule has 0 aliphatic carbocycles. The summed E-state index contributed by atoms with van der Waals surface area (Å²) in [4.78, 5) is 60.3. The van der Waals surface area contributed by atoms with Gasteiger partial charge in [-0.15, -0.1) is 0 Å². The molecule has 4 aliphatic heterocycles. The molecule has 1 aromatic heterocycles. The molecule has 0 bridgehead atoms. The number of piperazine rings is 1. The predicted molar refractivity (Wildman–Crippen MR) is 187 cm³/mol. The minimum absolute atomic E-state index is 0.0269. The number of fused-ring (bicyclic) bond motifs is 2. The van der Waals surface area contributed by atoms with Gasteiger partial charge < -0.3 is 29.7 Å². The smallest absolute Gasteiger partial charge is 0.410 e. The van der Waals surface area contributed by atoms with Gasteiger partial charge in [0, 0.05) is 95.5 Å². The van der Waals surface area contributed by atoms with E-state index in [1.54, 1.807) is 17.3 Å². The molecule has 3 saturated heterocycles. The Morgan fingerprint density at radius 3 is 2.35 bits per heavy atom. The van der Waals surface area contributed by atoms with Crippen LogP contribution in [0.25, 0.3) is 11.0 Å². The second-order valence-corrected chi connectivity index (χ2v) is 14.1. The molecule has 49 heavy (non-hydrogen) atoms. The van der Waals surface area contributed by atoms with Crippen molar-refractivity contribution in [2.24, 2.45) is 0 Å². The summed E-state index contributed by atoms with van der Waals surface area (Å²) in [7, 11) is 2.17. The Kier molecular flexibility index (Phi) is 9.95. The average molecular weight is 669 g/mol. The maximum atomic E-state index is 14.1. The number of carbonyl (C=O) groups excluding carboxylic acids is 3. The summed E-state index contributed by atoms with van der Waals surface area (Å²) in [5, 5.41) is 3.06. The Bertz CT molecular complexity index is 1660. The topological polar surface area (TPSA) is 114 Å². The van der Waals surface area contributed by atoms with Crippen LogP contribution in [0.15, 0.2) is 48.8 Å². The minimum Gasteiger partial charge on any atom is -0.436 e. The summed E-state index contributed by atoms with van der Waals surface area (Å²) in [5.41, 5.74) is 5.42. The molecular weight excluding hydrogens is 620 g/mol. The maximum Gasteiger partial charge on any atom is 0.410 e. The number of anilines is 1. The first-order chi connectivity index (χ1) is 23.8. The number of likely N-dealkylation sites (N-methyl/N-ethyl adjacent to an activating group) is 1. The number of para-hydroxylation sites is 1. The van der Waals surface area contributed by atoms with E-state index in [2.05, 4.69) is 38.2 Å². The van der Waals surface area contributed by atoms with Crippen molar-refractivity contribution in [3.05, 3.63) is 65.5 Å². The normalized spacial score (nSPS) is 20.9. The number of ether oxygens (including phenoxy) is 1. The molecule has 0 saturated carbocycles. The third-order valence-corrected chi connectivity index (χ3v) is 10.9. The van der Waals surface area contributed by atoms with Crippen LogP contribution in [0, 0.1) is 6.92 Å². The molecular formula is C37H48N8O4. The number of aromatic nitrogens is 2. The van der Waals surface area contributed by atoms with E-state index in [0.717, 1.165) is 78.9 Å². The molecule has 260 valence electrons. The fraction of sp³-hybridized carbons (Fsp3) is 0.541. The number of aryl methyl sites for hydroxylation is 1. The Balaban J connectivity index is 1.01. The van der Waals surface area contributed by atoms with Gasteiger partial charge in [0.25, 0.3) is 5.91 Å². The first-order valence-electron chi connectivity index (χ1n) is 17.8. The van der Waals surface area contributed by atoms with Gasteiger partial charge in [0.1, 0.15) is 0 Å². The van der Waals surface area contributed by atoms with Gasteiger partial charge in [0.05, 0.1) is 11.0 Å². The van der Waals surface area contributed by atoms with Crippen molar-refractivity contribution >= 4 is 34.8 Å². The molecule has 1 N–H and O–H groups in total. The number of piperidine rings is 2. The molecule has 1 unspecified atom stereocenters. The van der Waals surface area contributed by atoms with E-state index < -0.39 is 12.2 Å². The van der Waals surface area contributed by atoms with Crippen molar-refractivity contribution in [3.63, 3.8) is 0 Å². The highest BCUT2D eigenvalue weighted by Crippen LogP contribution is 2.26. The molecule has 4 amide bonds. The monoisotopic (exact) mass is 668 g/mol. The van der Waals surface area contributed by atoms with Crippen molar-refractivity contribution in [2.45, 2.75) is 63.6 Å². The number of hydrogen-bond acceptors (Lipinski definition) is 8. The summed E-state index contributed by atoms with van der Waals surface area (Å²) in [5.74, 6) is -0.141. The summed E-state index contributed by atoms with van der Waals surface area (Å²) in [6.45, 7) is 9.12. The maximum absolute atomic E-state index is 14.1. The van der Waals surface area contributed by atoms with E-state index >= 15 is 0 Å². The SMILES string of the molecule is Cc1cc(CC(OC(=O)N2CCC(N3CCc4ccccc4NC3=O)CC2)C(=O)N2CCC(N3CCN(C)CC3)CC2)cc2nccnc12. The fourth-order valence-corrected chi connectivity index (χ4v) is 7.97. The largest absolute Gasteiger partial charge is 0.436 e. The van der Waals surface area contributed by atoms with Gasteiger partial charge >= 0.3 is 12.1 Å². The van der Waals surface area contributed by atoms with E-state index in [9.17, 15) is 14.4 Å². The van der Waals surface area contributed by atoms with Gasteiger partial charge in [-0.05, 0) is 74.9 Å². The van der Waals surface area contributed by atoms with Crippen LogP contribution < -0.4 is 5.32 Å². The Morgan fingerprint density at radius 2 is 1.57 bits per heavy atom. The number of nitrogens with zero attached hydrogens (tertiary/aromatic N) is 7. The zero-order valence-corrected chi connectivity index (χ0v) is 28.7. The van der Waals surface area contributed by atoms with E-state index in [0.29, 0.717) is 51.6 Å². The van der Waals surface area contributed by atoms with Gasteiger partial charge in [-0.1, -0.05) is 24.3 Å². The van der Waals surface area contributed by atoms with Gasteiger partial charge in [-0.2, -0.15) is 0 Å². The first-order valence-corrected chi connectivity index (χ1v) is 17.8. The lowest BCUT2D eigenvalue weighted by atomic mass is 9.99. The number of nitrogens with one attached hydrogen (secondary N) is 1. The first kappa shape index (κ1) is 33.2. The van der Waals surface area contributed by atoms with Gasteiger partial charge in [0.2, 0.25) is 0 Å². The second kappa shape index (κ2) is 14.7. The molecule has 12 nitrogen and oxygen atoms in total. The third kappa shape index (κ3) is 7.50.